The quantitative estimate of drug-likeness (QED) is 0.483. The first kappa shape index (κ1) is 22.7. The van der Waals surface area contributed by atoms with E-state index in [-0.39, 0.29) is 12.5 Å². The van der Waals surface area contributed by atoms with Crippen molar-refractivity contribution in [1.29, 1.82) is 0 Å². The van der Waals surface area contributed by atoms with Crippen molar-refractivity contribution in [3.05, 3.63) is 83.4 Å². The predicted molar refractivity (Wildman–Crippen MR) is 140 cm³/mol. The number of pyridine rings is 2. The summed E-state index contributed by atoms with van der Waals surface area (Å²) in [5.41, 5.74) is 6.12. The van der Waals surface area contributed by atoms with Crippen LogP contribution >= 0.6 is 0 Å². The second-order valence-electron chi connectivity index (χ2n) is 10.0. The highest BCUT2D eigenvalue weighted by molar-refractivity contribution is 5.80. The maximum atomic E-state index is 13.8. The van der Waals surface area contributed by atoms with Crippen LogP contribution in [0.1, 0.15) is 29.2 Å². The van der Waals surface area contributed by atoms with Crippen LogP contribution in [0.3, 0.4) is 0 Å². The van der Waals surface area contributed by atoms with E-state index in [4.69, 9.17) is 0 Å². The van der Waals surface area contributed by atoms with Crippen LogP contribution in [-0.2, 0) is 29.8 Å². The number of aryl methyl sites for hydroxylation is 1. The van der Waals surface area contributed by atoms with Crippen LogP contribution in [0, 0.1) is 6.92 Å². The smallest absolute Gasteiger partial charge is 0.243 e. The molecule has 0 radical (unpaired) electrons. The second-order valence-corrected chi connectivity index (χ2v) is 10.0. The van der Waals surface area contributed by atoms with Crippen LogP contribution in [-0.4, -0.2) is 56.5 Å². The molecule has 3 aromatic heterocycles. The third-order valence-corrected chi connectivity index (χ3v) is 7.63. The Kier molecular flexibility index (Phi) is 5.68. The van der Waals surface area contributed by atoms with Gasteiger partial charge in [0.1, 0.15) is 17.9 Å². The van der Waals surface area contributed by atoms with Gasteiger partial charge in [-0.1, -0.05) is 24.3 Å². The number of anilines is 1. The summed E-state index contributed by atoms with van der Waals surface area (Å²) < 4.78 is 1.85. The molecule has 8 heteroatoms. The first-order valence-electron chi connectivity index (χ1n) is 12.6. The zero-order valence-corrected chi connectivity index (χ0v) is 20.8. The largest absolute Gasteiger partial charge is 0.352 e. The number of fused-ring (bicyclic) bond motifs is 2. The fraction of sp³-hybridized carbons (Fsp3) is 0.357. The molecule has 2 aliphatic heterocycles. The van der Waals surface area contributed by atoms with Crippen molar-refractivity contribution in [2.45, 2.75) is 38.9 Å². The van der Waals surface area contributed by atoms with Gasteiger partial charge in [-0.05, 0) is 60.7 Å². The SMILES string of the molecule is Cc1ccc(N2CCc3cccc([C@]4(C)CNCCN4C(=O)Cn4cnc5cccnc54)c3C2)nc1. The number of nitrogens with one attached hydrogen (secondary N) is 1. The average Bonchev–Trinajstić information content (AvgIpc) is 3.31. The number of benzene rings is 1. The van der Waals surface area contributed by atoms with Gasteiger partial charge in [-0.15, -0.1) is 0 Å². The zero-order valence-electron chi connectivity index (χ0n) is 20.8. The molecule has 5 heterocycles. The van der Waals surface area contributed by atoms with Crippen molar-refractivity contribution < 1.29 is 4.79 Å². The summed E-state index contributed by atoms with van der Waals surface area (Å²) in [6, 6.07) is 14.6. The van der Waals surface area contributed by atoms with Gasteiger partial charge in [0.15, 0.2) is 5.65 Å². The van der Waals surface area contributed by atoms with Gasteiger partial charge in [0, 0.05) is 45.1 Å². The minimum absolute atomic E-state index is 0.0782. The number of hydrogen-bond acceptors (Lipinski definition) is 6. The number of nitrogens with zero attached hydrogens (tertiary/aromatic N) is 6. The lowest BCUT2D eigenvalue weighted by atomic mass is 9.81. The Bertz CT molecular complexity index is 1410. The summed E-state index contributed by atoms with van der Waals surface area (Å²) in [7, 11) is 0. The van der Waals surface area contributed by atoms with Gasteiger partial charge in [-0.2, -0.15) is 0 Å². The highest BCUT2D eigenvalue weighted by atomic mass is 16.2. The van der Waals surface area contributed by atoms with E-state index in [1.54, 1.807) is 12.5 Å². The zero-order chi connectivity index (χ0) is 24.7. The lowest BCUT2D eigenvalue weighted by molar-refractivity contribution is -0.139. The number of carbonyl (C=O) groups is 1. The fourth-order valence-corrected chi connectivity index (χ4v) is 5.68. The van der Waals surface area contributed by atoms with E-state index in [1.807, 2.05) is 22.9 Å². The van der Waals surface area contributed by atoms with Crippen LogP contribution in [0.15, 0.2) is 61.2 Å². The minimum atomic E-state index is -0.464. The van der Waals surface area contributed by atoms with Crippen LogP contribution in [0.2, 0.25) is 0 Å². The molecule has 4 aromatic rings. The number of piperazine rings is 1. The van der Waals surface area contributed by atoms with E-state index in [0.717, 1.165) is 48.6 Å². The maximum Gasteiger partial charge on any atom is 0.243 e. The molecule has 184 valence electrons. The van der Waals surface area contributed by atoms with Crippen molar-refractivity contribution >= 4 is 22.9 Å². The number of hydrogen-bond donors (Lipinski definition) is 1. The van der Waals surface area contributed by atoms with Gasteiger partial charge in [-0.3, -0.25) is 4.79 Å². The highest BCUT2D eigenvalue weighted by Gasteiger charge is 2.41. The highest BCUT2D eigenvalue weighted by Crippen LogP contribution is 2.36. The Morgan fingerprint density at radius 3 is 2.86 bits per heavy atom. The van der Waals surface area contributed by atoms with Crippen molar-refractivity contribution in [2.75, 3.05) is 31.1 Å². The molecule has 0 bridgehead atoms. The molecule has 1 N–H and O–H groups in total. The maximum absolute atomic E-state index is 13.8. The van der Waals surface area contributed by atoms with E-state index in [2.05, 4.69) is 74.2 Å². The van der Waals surface area contributed by atoms with Gasteiger partial charge >= 0.3 is 0 Å². The Labute approximate surface area is 211 Å². The van der Waals surface area contributed by atoms with E-state index < -0.39 is 5.54 Å². The molecular weight excluding hydrogens is 450 g/mol. The third kappa shape index (κ3) is 3.91. The number of aromatic nitrogens is 4. The topological polar surface area (TPSA) is 79.2 Å². The molecule has 2 aliphatic rings. The lowest BCUT2D eigenvalue weighted by Gasteiger charge is -2.47. The standard InChI is InChI=1S/C28H31N7O/c1-20-8-9-25(31-15-20)33-13-10-21-5-3-6-23(22(21)16-33)28(2)18-29-12-14-35(28)26(36)17-34-19-32-24-7-4-11-30-27(24)34/h3-9,11,15,19,29H,10,12-14,16-18H2,1-2H3/t28-/m0/s1. The molecule has 6 rings (SSSR count). The molecule has 1 fully saturated rings. The normalized spacial score (nSPS) is 19.9. The van der Waals surface area contributed by atoms with Crippen molar-refractivity contribution in [2.24, 2.45) is 0 Å². The molecule has 1 atom stereocenters. The van der Waals surface area contributed by atoms with E-state index in [0.29, 0.717) is 13.1 Å². The summed E-state index contributed by atoms with van der Waals surface area (Å²) in [6.45, 7) is 8.34. The number of carbonyl (C=O) groups excluding carboxylic acids is 1. The first-order chi connectivity index (χ1) is 17.5. The van der Waals surface area contributed by atoms with Gasteiger partial charge in [0.25, 0.3) is 0 Å². The Morgan fingerprint density at radius 1 is 1.08 bits per heavy atom. The molecule has 0 unspecified atom stereocenters. The summed E-state index contributed by atoms with van der Waals surface area (Å²) in [5.74, 6) is 1.08. The number of amides is 1. The van der Waals surface area contributed by atoms with Gasteiger partial charge in [-0.25, -0.2) is 15.0 Å². The van der Waals surface area contributed by atoms with E-state index >= 15 is 0 Å². The monoisotopic (exact) mass is 481 g/mol. The van der Waals surface area contributed by atoms with Crippen LogP contribution < -0.4 is 10.2 Å². The van der Waals surface area contributed by atoms with Crippen molar-refractivity contribution in [3.63, 3.8) is 0 Å². The van der Waals surface area contributed by atoms with Crippen LogP contribution in [0.25, 0.3) is 11.2 Å². The van der Waals surface area contributed by atoms with Gasteiger partial charge in [0.05, 0.1) is 11.9 Å². The molecule has 0 aliphatic carbocycles. The van der Waals surface area contributed by atoms with Crippen LogP contribution in [0.5, 0.6) is 0 Å². The Balaban J connectivity index is 1.33. The third-order valence-electron chi connectivity index (χ3n) is 7.63. The lowest BCUT2D eigenvalue weighted by Crippen LogP contribution is -2.60. The van der Waals surface area contributed by atoms with Gasteiger partial charge in [0.2, 0.25) is 5.91 Å². The molecule has 36 heavy (non-hydrogen) atoms. The van der Waals surface area contributed by atoms with Crippen molar-refractivity contribution in [3.8, 4) is 0 Å². The Hall–Kier alpha value is -3.78. The van der Waals surface area contributed by atoms with Crippen molar-refractivity contribution in [1.82, 2.24) is 29.7 Å². The summed E-state index contributed by atoms with van der Waals surface area (Å²) in [5, 5.41) is 3.55. The Morgan fingerprint density at radius 2 is 2.00 bits per heavy atom. The van der Waals surface area contributed by atoms with Crippen LogP contribution in [0.4, 0.5) is 5.82 Å². The molecule has 0 spiro atoms. The molecule has 1 amide bonds. The van der Waals surface area contributed by atoms with E-state index in [9.17, 15) is 4.79 Å². The second kappa shape index (κ2) is 9.02. The van der Waals surface area contributed by atoms with E-state index in [1.165, 1.54) is 16.7 Å². The number of rotatable bonds is 4. The molecule has 1 aromatic carbocycles. The molecule has 0 saturated carbocycles. The minimum Gasteiger partial charge on any atom is -0.352 e. The number of imidazole rings is 1. The predicted octanol–water partition coefficient (Wildman–Crippen LogP) is 3.04. The summed E-state index contributed by atoms with van der Waals surface area (Å²) in [6.07, 6.45) is 6.35. The fourth-order valence-electron chi connectivity index (χ4n) is 5.68. The molecule has 8 nitrogen and oxygen atoms in total. The average molecular weight is 482 g/mol. The first-order valence-corrected chi connectivity index (χ1v) is 12.6. The summed E-state index contributed by atoms with van der Waals surface area (Å²) in [4.78, 5) is 31.7. The molecule has 1 saturated heterocycles. The van der Waals surface area contributed by atoms with Gasteiger partial charge < -0.3 is 19.7 Å². The molecular formula is C28H31N7O. The summed E-state index contributed by atoms with van der Waals surface area (Å²) >= 11 is 0.